The quantitative estimate of drug-likeness (QED) is 0.0569. The van der Waals surface area contributed by atoms with Gasteiger partial charge in [-0.25, -0.2) is 13.2 Å². The van der Waals surface area contributed by atoms with E-state index in [2.05, 4.69) is 10.6 Å². The molecule has 16 heteroatoms. The van der Waals surface area contributed by atoms with Gasteiger partial charge in [0.1, 0.15) is 29.1 Å². The number of carbonyl (C=O) groups is 8. The van der Waals surface area contributed by atoms with E-state index in [4.69, 9.17) is 5.11 Å². The summed E-state index contributed by atoms with van der Waals surface area (Å²) in [5, 5.41) is 32.4. The van der Waals surface area contributed by atoms with Crippen molar-refractivity contribution < 1.29 is 62.1 Å². The standard InChI is InChI=1S/C36H60N2O13S/c1-2-37-32(42)23-20-27(35(46)47)25-29(40)21-22-31(36(48)49)38-33(43)18-12-10-8-6-4-3-5-7-9-11-15-28(39)17-14-24-52(50,51)26-30(41)16-13-19-34(44)45/h27,31H,2-26H2,1H3,(H,37,42)(H,38,43)(H,44,45)(H,46,47)(H,48,49). The van der Waals surface area contributed by atoms with Crippen molar-refractivity contribution in [3.8, 4) is 0 Å². The maximum Gasteiger partial charge on any atom is 0.326 e. The Hall–Kier alpha value is -3.69. The molecule has 2 atom stereocenters. The molecule has 0 rings (SSSR count). The molecule has 0 aromatic carbocycles. The second-order valence-corrected chi connectivity index (χ2v) is 15.5. The number of ketones is 3. The highest BCUT2D eigenvalue weighted by atomic mass is 32.2. The Bertz CT molecular complexity index is 1270. The van der Waals surface area contributed by atoms with E-state index in [0.29, 0.717) is 19.4 Å². The molecule has 2 unspecified atom stereocenters. The van der Waals surface area contributed by atoms with Gasteiger partial charge in [-0.1, -0.05) is 51.4 Å². The average molecular weight is 761 g/mol. The molecule has 0 radical (unpaired) electrons. The van der Waals surface area contributed by atoms with Crippen LogP contribution in [0.15, 0.2) is 0 Å². The predicted molar refractivity (Wildman–Crippen MR) is 192 cm³/mol. The molecule has 52 heavy (non-hydrogen) atoms. The van der Waals surface area contributed by atoms with Gasteiger partial charge in [-0.3, -0.25) is 33.6 Å². The summed E-state index contributed by atoms with van der Waals surface area (Å²) in [6, 6.07) is -1.26. The van der Waals surface area contributed by atoms with Gasteiger partial charge in [0, 0.05) is 57.9 Å². The van der Waals surface area contributed by atoms with Crippen molar-refractivity contribution in [2.24, 2.45) is 5.92 Å². The second kappa shape index (κ2) is 28.8. The molecule has 0 saturated carbocycles. The predicted octanol–water partition coefficient (Wildman–Crippen LogP) is 4.18. The van der Waals surface area contributed by atoms with Gasteiger partial charge in [0.2, 0.25) is 11.8 Å². The number of sulfone groups is 1. The third kappa shape index (κ3) is 28.0. The highest BCUT2D eigenvalue weighted by molar-refractivity contribution is 7.92. The summed E-state index contributed by atoms with van der Waals surface area (Å²) >= 11 is 0. The molecule has 15 nitrogen and oxygen atoms in total. The third-order valence-corrected chi connectivity index (χ3v) is 10.2. The number of hydrogen-bond donors (Lipinski definition) is 5. The third-order valence-electron chi connectivity index (χ3n) is 8.51. The van der Waals surface area contributed by atoms with Gasteiger partial charge < -0.3 is 26.0 Å². The van der Waals surface area contributed by atoms with Crippen LogP contribution in [0.5, 0.6) is 0 Å². The number of Topliss-reactive ketones (excluding diaryl/α,β-unsaturated/α-hetero) is 3. The van der Waals surface area contributed by atoms with Crippen LogP contribution in [0.1, 0.15) is 148 Å². The zero-order valence-electron chi connectivity index (χ0n) is 30.7. The van der Waals surface area contributed by atoms with Crippen LogP contribution in [-0.4, -0.2) is 94.9 Å². The number of nitrogens with one attached hydrogen (secondary N) is 2. The van der Waals surface area contributed by atoms with Crippen LogP contribution in [-0.2, 0) is 48.2 Å². The smallest absolute Gasteiger partial charge is 0.326 e. The van der Waals surface area contributed by atoms with E-state index < -0.39 is 62.9 Å². The van der Waals surface area contributed by atoms with Crippen LogP contribution in [0, 0.1) is 5.92 Å². The van der Waals surface area contributed by atoms with Gasteiger partial charge >= 0.3 is 17.9 Å². The monoisotopic (exact) mass is 760 g/mol. The van der Waals surface area contributed by atoms with Crippen LogP contribution < -0.4 is 10.6 Å². The van der Waals surface area contributed by atoms with Gasteiger partial charge in [0.25, 0.3) is 0 Å². The lowest BCUT2D eigenvalue weighted by Crippen LogP contribution is -2.41. The zero-order chi connectivity index (χ0) is 39.4. The van der Waals surface area contributed by atoms with Gasteiger partial charge in [-0.2, -0.15) is 0 Å². The molecule has 0 fully saturated rings. The molecule has 0 saturated heterocycles. The van der Waals surface area contributed by atoms with Gasteiger partial charge in [0.15, 0.2) is 9.84 Å². The molecule has 0 aliphatic rings. The van der Waals surface area contributed by atoms with Crippen molar-refractivity contribution >= 4 is 56.9 Å². The number of aliphatic carboxylic acids is 3. The Morgan fingerprint density at radius 2 is 1.08 bits per heavy atom. The van der Waals surface area contributed by atoms with Gasteiger partial charge in [-0.05, 0) is 45.4 Å². The molecule has 2 amide bonds. The van der Waals surface area contributed by atoms with E-state index in [1.165, 1.54) is 0 Å². The number of carboxylic acids is 3. The normalized spacial score (nSPS) is 12.4. The molecule has 0 bridgehead atoms. The Kier molecular flexibility index (Phi) is 26.8. The number of rotatable bonds is 35. The zero-order valence-corrected chi connectivity index (χ0v) is 31.5. The summed E-state index contributed by atoms with van der Waals surface area (Å²) in [6.07, 6.45) is 9.02. The van der Waals surface area contributed by atoms with Crippen molar-refractivity contribution in [1.29, 1.82) is 0 Å². The Morgan fingerprint density at radius 3 is 1.62 bits per heavy atom. The van der Waals surface area contributed by atoms with Crippen LogP contribution in [0.2, 0.25) is 0 Å². The average Bonchev–Trinajstić information content (AvgIpc) is 3.04. The highest BCUT2D eigenvalue weighted by Crippen LogP contribution is 2.16. The summed E-state index contributed by atoms with van der Waals surface area (Å²) in [7, 11) is -3.61. The topological polar surface area (TPSA) is 255 Å². The lowest BCUT2D eigenvalue weighted by molar-refractivity contribution is -0.145. The van der Waals surface area contributed by atoms with E-state index in [9.17, 15) is 57.0 Å². The summed E-state index contributed by atoms with van der Waals surface area (Å²) in [4.78, 5) is 93.7. The number of carboxylic acid groups (broad SMARTS) is 3. The van der Waals surface area contributed by atoms with Crippen molar-refractivity contribution in [2.75, 3.05) is 18.1 Å². The van der Waals surface area contributed by atoms with Crippen LogP contribution in [0.3, 0.4) is 0 Å². The fraction of sp³-hybridized carbons (Fsp3) is 0.778. The van der Waals surface area contributed by atoms with Crippen LogP contribution in [0.4, 0.5) is 0 Å². The Labute approximate surface area is 307 Å². The van der Waals surface area contributed by atoms with Crippen molar-refractivity contribution in [3.63, 3.8) is 0 Å². The fourth-order valence-electron chi connectivity index (χ4n) is 5.57. The van der Waals surface area contributed by atoms with Crippen molar-refractivity contribution in [3.05, 3.63) is 0 Å². The second-order valence-electron chi connectivity index (χ2n) is 13.3. The Balaban J connectivity index is 3.97. The van der Waals surface area contributed by atoms with Gasteiger partial charge in [0.05, 0.1) is 11.7 Å². The van der Waals surface area contributed by atoms with E-state index in [0.717, 1.165) is 57.8 Å². The minimum absolute atomic E-state index is 0.00142. The van der Waals surface area contributed by atoms with Crippen molar-refractivity contribution in [2.45, 2.75) is 154 Å². The first kappa shape index (κ1) is 48.3. The molecule has 0 heterocycles. The maximum absolute atomic E-state index is 12.3. The van der Waals surface area contributed by atoms with Crippen molar-refractivity contribution in [1.82, 2.24) is 10.6 Å². The Morgan fingerprint density at radius 1 is 0.538 bits per heavy atom. The maximum atomic E-state index is 12.3. The minimum Gasteiger partial charge on any atom is -0.481 e. The first-order valence-corrected chi connectivity index (χ1v) is 20.4. The van der Waals surface area contributed by atoms with Crippen LogP contribution >= 0.6 is 0 Å². The highest BCUT2D eigenvalue weighted by Gasteiger charge is 2.25. The fourth-order valence-corrected chi connectivity index (χ4v) is 6.94. The van der Waals surface area contributed by atoms with E-state index in [1.54, 1.807) is 6.92 Å². The largest absolute Gasteiger partial charge is 0.481 e. The lowest BCUT2D eigenvalue weighted by Gasteiger charge is -2.15. The van der Waals surface area contributed by atoms with E-state index in [1.807, 2.05) is 0 Å². The SMILES string of the molecule is CCNC(=O)CCC(CC(=O)CCC(NC(=O)CCCCCCCCCCCCC(=O)CCCS(=O)(=O)CC(=O)CCCC(=O)O)C(=O)O)C(=O)O. The number of hydrogen-bond acceptors (Lipinski definition) is 10. The lowest BCUT2D eigenvalue weighted by atomic mass is 9.94. The number of carbonyl (C=O) groups excluding carboxylic acids is 5. The molecule has 0 aromatic rings. The first-order chi connectivity index (χ1) is 24.6. The van der Waals surface area contributed by atoms with Gasteiger partial charge in [-0.15, -0.1) is 0 Å². The molecular formula is C36H60N2O13S. The molecule has 0 aromatic heterocycles. The molecule has 0 spiro atoms. The molecule has 0 aliphatic heterocycles. The summed E-state index contributed by atoms with van der Waals surface area (Å²) in [5.41, 5.74) is 0. The number of unbranched alkanes of at least 4 members (excludes halogenated alkanes) is 9. The first-order valence-electron chi connectivity index (χ1n) is 18.5. The summed E-state index contributed by atoms with van der Waals surface area (Å²) in [5.74, 6) is -7.11. The molecule has 5 N–H and O–H groups in total. The number of amides is 2. The molecule has 0 aliphatic carbocycles. The molecule has 298 valence electrons. The minimum atomic E-state index is -3.61. The molecular weight excluding hydrogens is 700 g/mol. The van der Waals surface area contributed by atoms with E-state index >= 15 is 0 Å². The van der Waals surface area contributed by atoms with E-state index in [-0.39, 0.29) is 88.1 Å². The summed E-state index contributed by atoms with van der Waals surface area (Å²) in [6.45, 7) is 2.15. The van der Waals surface area contributed by atoms with Crippen LogP contribution in [0.25, 0.3) is 0 Å². The summed E-state index contributed by atoms with van der Waals surface area (Å²) < 4.78 is 24.1.